The molecule has 170 valence electrons. The zero-order valence-electron chi connectivity index (χ0n) is 17.6. The molecular formula is C22H22F3N3O3S. The predicted molar refractivity (Wildman–Crippen MR) is 117 cm³/mol. The highest BCUT2D eigenvalue weighted by molar-refractivity contribution is 8.00. The van der Waals surface area contributed by atoms with Gasteiger partial charge in [-0.25, -0.2) is 4.98 Å². The molecule has 0 radical (unpaired) electrons. The molecule has 10 heteroatoms. The van der Waals surface area contributed by atoms with Gasteiger partial charge >= 0.3 is 6.18 Å². The van der Waals surface area contributed by atoms with Crippen molar-refractivity contribution in [2.75, 3.05) is 19.5 Å². The van der Waals surface area contributed by atoms with Crippen molar-refractivity contribution in [3.05, 3.63) is 54.7 Å². The third-order valence-electron chi connectivity index (χ3n) is 4.53. The molecule has 1 unspecified atom stereocenters. The van der Waals surface area contributed by atoms with Crippen LogP contribution in [-0.2, 0) is 11.3 Å². The maximum Gasteiger partial charge on any atom is 0.406 e. The van der Waals surface area contributed by atoms with E-state index in [1.165, 1.54) is 20.4 Å². The second kappa shape index (κ2) is 9.99. The van der Waals surface area contributed by atoms with E-state index in [-0.39, 0.29) is 11.1 Å². The molecule has 0 saturated heterocycles. The lowest BCUT2D eigenvalue weighted by atomic mass is 10.2. The summed E-state index contributed by atoms with van der Waals surface area (Å²) >= 11 is 0.955. The number of benzene rings is 2. The van der Waals surface area contributed by atoms with E-state index in [1.807, 2.05) is 0 Å². The average Bonchev–Trinajstić information content (AvgIpc) is 3.14. The van der Waals surface area contributed by atoms with Gasteiger partial charge in [-0.2, -0.15) is 13.2 Å². The van der Waals surface area contributed by atoms with Gasteiger partial charge in [-0.15, -0.1) is 0 Å². The number of halogens is 3. The average molecular weight is 465 g/mol. The molecule has 1 aromatic heterocycles. The van der Waals surface area contributed by atoms with Crippen molar-refractivity contribution in [2.45, 2.75) is 30.1 Å². The zero-order valence-corrected chi connectivity index (χ0v) is 18.5. The number of carbonyl (C=O) groups is 1. The van der Waals surface area contributed by atoms with Crippen LogP contribution < -0.4 is 14.8 Å². The molecule has 0 aliphatic carbocycles. The fraction of sp³-hybridized carbons (Fsp3) is 0.273. The minimum absolute atomic E-state index is 0.108. The molecule has 0 spiro atoms. The van der Waals surface area contributed by atoms with E-state index < -0.39 is 18.0 Å². The molecule has 0 aliphatic rings. The van der Waals surface area contributed by atoms with E-state index in [0.717, 1.165) is 16.3 Å². The van der Waals surface area contributed by atoms with Crippen LogP contribution in [0.15, 0.2) is 59.9 Å². The van der Waals surface area contributed by atoms with Gasteiger partial charge in [0.25, 0.3) is 0 Å². The number of aromatic nitrogens is 2. The maximum absolute atomic E-state index is 13.3. The molecule has 3 rings (SSSR count). The topological polar surface area (TPSA) is 65.4 Å². The molecule has 32 heavy (non-hydrogen) atoms. The van der Waals surface area contributed by atoms with E-state index in [2.05, 4.69) is 10.3 Å². The summed E-state index contributed by atoms with van der Waals surface area (Å²) in [5, 5.41) is 2.14. The summed E-state index contributed by atoms with van der Waals surface area (Å²) in [5.41, 5.74) is 1.42. The number of methoxy groups -OCH3 is 2. The SMILES string of the molecule is COc1ccc(NC(=O)C(C)Sc2ncc(-c3ccccc3)n2CC(F)(F)F)cc1OC. The first-order valence-corrected chi connectivity index (χ1v) is 10.5. The third kappa shape index (κ3) is 5.76. The lowest BCUT2D eigenvalue weighted by Gasteiger charge is -2.17. The van der Waals surface area contributed by atoms with Crippen LogP contribution >= 0.6 is 11.8 Å². The Balaban J connectivity index is 1.80. The lowest BCUT2D eigenvalue weighted by molar-refractivity contribution is -0.141. The van der Waals surface area contributed by atoms with Crippen molar-refractivity contribution in [3.8, 4) is 22.8 Å². The van der Waals surface area contributed by atoms with Crippen LogP contribution in [0.25, 0.3) is 11.3 Å². The quantitative estimate of drug-likeness (QED) is 0.461. The van der Waals surface area contributed by atoms with Crippen LogP contribution in [0.5, 0.6) is 11.5 Å². The van der Waals surface area contributed by atoms with Crippen molar-refractivity contribution in [1.82, 2.24) is 9.55 Å². The molecule has 0 saturated carbocycles. The van der Waals surface area contributed by atoms with Gasteiger partial charge in [0, 0.05) is 11.8 Å². The van der Waals surface area contributed by atoms with Crippen molar-refractivity contribution < 1.29 is 27.4 Å². The van der Waals surface area contributed by atoms with Crippen LogP contribution in [-0.4, -0.2) is 41.1 Å². The number of nitrogens with one attached hydrogen (secondary N) is 1. The molecule has 3 aromatic rings. The smallest absolute Gasteiger partial charge is 0.406 e. The summed E-state index contributed by atoms with van der Waals surface area (Å²) in [5.74, 6) is 0.569. The molecule has 1 N–H and O–H groups in total. The third-order valence-corrected chi connectivity index (χ3v) is 5.63. The molecule has 1 atom stereocenters. The molecule has 0 fully saturated rings. The Labute approximate surface area is 187 Å². The Morgan fingerprint density at radius 3 is 2.44 bits per heavy atom. The lowest BCUT2D eigenvalue weighted by Crippen LogP contribution is -2.24. The van der Waals surface area contributed by atoms with Gasteiger partial charge in [-0.1, -0.05) is 42.1 Å². The molecule has 2 aromatic carbocycles. The highest BCUT2D eigenvalue weighted by Crippen LogP contribution is 2.33. The highest BCUT2D eigenvalue weighted by atomic mass is 32.2. The molecule has 0 aliphatic heterocycles. The highest BCUT2D eigenvalue weighted by Gasteiger charge is 2.31. The summed E-state index contributed by atoms with van der Waals surface area (Å²) < 4.78 is 51.2. The van der Waals surface area contributed by atoms with Crippen LogP contribution in [0.1, 0.15) is 6.92 Å². The first-order valence-electron chi connectivity index (χ1n) is 9.59. The number of ether oxygens (including phenoxy) is 2. The number of alkyl halides is 3. The minimum atomic E-state index is -4.44. The number of amides is 1. The standard InChI is InChI=1S/C22H22F3N3O3S/c1-14(20(29)27-16-9-10-18(30-2)19(11-16)31-3)32-21-26-12-17(15-7-5-4-6-8-15)28(21)13-22(23,24)25/h4-12,14H,13H2,1-3H3,(H,27,29). The fourth-order valence-electron chi connectivity index (χ4n) is 2.99. The van der Waals surface area contributed by atoms with Gasteiger partial charge in [0.05, 0.1) is 31.4 Å². The molecule has 0 bridgehead atoms. The van der Waals surface area contributed by atoms with Crippen molar-refractivity contribution in [2.24, 2.45) is 0 Å². The number of rotatable bonds is 8. The second-order valence-corrected chi connectivity index (χ2v) is 8.12. The van der Waals surface area contributed by atoms with E-state index in [9.17, 15) is 18.0 Å². The monoisotopic (exact) mass is 465 g/mol. The number of hydrogen-bond acceptors (Lipinski definition) is 5. The number of imidazole rings is 1. The zero-order chi connectivity index (χ0) is 23.3. The summed E-state index contributed by atoms with van der Waals surface area (Å²) in [6, 6.07) is 13.6. The Morgan fingerprint density at radius 1 is 1.12 bits per heavy atom. The van der Waals surface area contributed by atoms with Crippen LogP contribution in [0, 0.1) is 0 Å². The summed E-state index contributed by atoms with van der Waals surface area (Å²) in [6.07, 6.45) is -3.05. The summed E-state index contributed by atoms with van der Waals surface area (Å²) in [7, 11) is 2.98. The second-order valence-electron chi connectivity index (χ2n) is 6.81. The van der Waals surface area contributed by atoms with Crippen molar-refractivity contribution in [1.29, 1.82) is 0 Å². The van der Waals surface area contributed by atoms with E-state index in [4.69, 9.17) is 9.47 Å². The summed E-state index contributed by atoms with van der Waals surface area (Å²) in [4.78, 5) is 16.8. The minimum Gasteiger partial charge on any atom is -0.493 e. The predicted octanol–water partition coefficient (Wildman–Crippen LogP) is 5.25. The number of thioether (sulfide) groups is 1. The Morgan fingerprint density at radius 2 is 1.81 bits per heavy atom. The van der Waals surface area contributed by atoms with Gasteiger partial charge in [-0.3, -0.25) is 4.79 Å². The number of hydrogen-bond donors (Lipinski definition) is 1. The van der Waals surface area contributed by atoms with E-state index in [1.54, 1.807) is 55.5 Å². The largest absolute Gasteiger partial charge is 0.493 e. The maximum atomic E-state index is 13.3. The van der Waals surface area contributed by atoms with Crippen molar-refractivity contribution >= 4 is 23.4 Å². The van der Waals surface area contributed by atoms with Crippen LogP contribution in [0.2, 0.25) is 0 Å². The first kappa shape index (κ1) is 23.5. The molecule has 6 nitrogen and oxygen atoms in total. The Hall–Kier alpha value is -3.14. The Bertz CT molecular complexity index is 1070. The first-order chi connectivity index (χ1) is 15.2. The normalized spacial score (nSPS) is 12.3. The van der Waals surface area contributed by atoms with E-state index in [0.29, 0.717) is 28.4 Å². The van der Waals surface area contributed by atoms with Gasteiger partial charge in [-0.05, 0) is 24.6 Å². The van der Waals surface area contributed by atoms with Crippen molar-refractivity contribution in [3.63, 3.8) is 0 Å². The van der Waals surface area contributed by atoms with Crippen LogP contribution in [0.4, 0.5) is 18.9 Å². The van der Waals surface area contributed by atoms with Gasteiger partial charge in [0.15, 0.2) is 16.7 Å². The molecule has 1 heterocycles. The summed E-state index contributed by atoms with van der Waals surface area (Å²) in [6.45, 7) is 0.402. The number of nitrogens with zero attached hydrogens (tertiary/aromatic N) is 2. The van der Waals surface area contributed by atoms with Gasteiger partial charge in [0.2, 0.25) is 5.91 Å². The molecular weight excluding hydrogens is 443 g/mol. The van der Waals surface area contributed by atoms with Crippen LogP contribution in [0.3, 0.4) is 0 Å². The fourth-order valence-corrected chi connectivity index (χ4v) is 3.88. The number of carbonyl (C=O) groups excluding carboxylic acids is 1. The molecule has 1 amide bonds. The van der Waals surface area contributed by atoms with E-state index >= 15 is 0 Å². The Kier molecular flexibility index (Phi) is 7.34. The van der Waals surface area contributed by atoms with Gasteiger partial charge < -0.3 is 19.4 Å². The van der Waals surface area contributed by atoms with Gasteiger partial charge in [0.1, 0.15) is 6.54 Å². The number of anilines is 1.